The van der Waals surface area contributed by atoms with Crippen molar-refractivity contribution in [2.24, 2.45) is 7.05 Å². The van der Waals surface area contributed by atoms with Gasteiger partial charge in [-0.25, -0.2) is 4.79 Å². The lowest BCUT2D eigenvalue weighted by Gasteiger charge is -2.03. The normalized spacial score (nSPS) is 10.6. The molecule has 6 heteroatoms. The molecule has 0 fully saturated rings. The molecule has 5 nitrogen and oxygen atoms in total. The van der Waals surface area contributed by atoms with Crippen LogP contribution in [0.25, 0.3) is 11.1 Å². The van der Waals surface area contributed by atoms with Crippen LogP contribution in [0.2, 0.25) is 0 Å². The van der Waals surface area contributed by atoms with E-state index in [-0.39, 0.29) is 5.69 Å². The number of benzene rings is 1. The van der Waals surface area contributed by atoms with Crippen LogP contribution in [0.1, 0.15) is 10.5 Å². The Morgan fingerprint density at radius 2 is 2.00 bits per heavy atom. The van der Waals surface area contributed by atoms with Crippen molar-refractivity contribution >= 4 is 23.5 Å². The predicted octanol–water partition coefficient (Wildman–Crippen LogP) is 2.09. The quantitative estimate of drug-likeness (QED) is 0.829. The predicted molar refractivity (Wildman–Crippen MR) is 71.8 cm³/mol. The van der Waals surface area contributed by atoms with E-state index >= 15 is 0 Å². The van der Waals surface area contributed by atoms with E-state index < -0.39 is 5.97 Å². The van der Waals surface area contributed by atoms with Gasteiger partial charge in [-0.05, 0) is 24.0 Å². The zero-order valence-electron chi connectivity index (χ0n) is 10.0. The second-order valence-electron chi connectivity index (χ2n) is 3.77. The first-order valence-corrected chi connectivity index (χ1v) is 6.47. The first-order chi connectivity index (χ1) is 8.54. The van der Waals surface area contributed by atoms with Gasteiger partial charge in [0.05, 0.1) is 5.56 Å². The number of carboxylic acids is 1. The van der Waals surface area contributed by atoms with Crippen LogP contribution in [0, 0.1) is 0 Å². The third-order valence-electron chi connectivity index (χ3n) is 2.67. The van der Waals surface area contributed by atoms with Crippen LogP contribution >= 0.6 is 11.8 Å². The highest BCUT2D eigenvalue weighted by molar-refractivity contribution is 7.98. The fourth-order valence-electron chi connectivity index (χ4n) is 1.73. The first kappa shape index (κ1) is 12.5. The van der Waals surface area contributed by atoms with Gasteiger partial charge in [-0.3, -0.25) is 4.68 Å². The van der Waals surface area contributed by atoms with E-state index in [9.17, 15) is 4.79 Å². The smallest absolute Gasteiger partial charge is 0.357 e. The number of aromatic nitrogens is 2. The lowest BCUT2D eigenvalue weighted by Crippen LogP contribution is -2.00. The highest BCUT2D eigenvalue weighted by Crippen LogP contribution is 2.30. The zero-order valence-corrected chi connectivity index (χ0v) is 10.9. The standard InChI is InChI=1S/C12H13N3O2S/c1-15-11(13)9(10(14-15)12(16)17)7-3-5-8(18-2)6-4-7/h3-6H,13H2,1-2H3,(H,16,17). The maximum atomic E-state index is 11.1. The number of hydrogen-bond acceptors (Lipinski definition) is 4. The molecule has 2 rings (SSSR count). The van der Waals surface area contributed by atoms with E-state index in [1.54, 1.807) is 18.8 Å². The molecule has 1 aromatic heterocycles. The summed E-state index contributed by atoms with van der Waals surface area (Å²) in [5.41, 5.74) is 7.08. The largest absolute Gasteiger partial charge is 0.476 e. The summed E-state index contributed by atoms with van der Waals surface area (Å²) in [4.78, 5) is 12.3. The molecular weight excluding hydrogens is 250 g/mol. The molecule has 0 bridgehead atoms. The van der Waals surface area contributed by atoms with Gasteiger partial charge in [0.25, 0.3) is 0 Å². The molecule has 0 saturated carbocycles. The molecule has 0 radical (unpaired) electrons. The van der Waals surface area contributed by atoms with Gasteiger partial charge < -0.3 is 10.8 Å². The Hall–Kier alpha value is -1.95. The van der Waals surface area contributed by atoms with Crippen LogP contribution in [0.15, 0.2) is 29.2 Å². The Balaban J connectivity index is 2.58. The van der Waals surface area contributed by atoms with Gasteiger partial charge in [0.15, 0.2) is 5.69 Å². The molecule has 0 atom stereocenters. The lowest BCUT2D eigenvalue weighted by atomic mass is 10.1. The molecule has 0 aliphatic rings. The van der Waals surface area contributed by atoms with Gasteiger partial charge in [0.2, 0.25) is 0 Å². The number of carbonyl (C=O) groups is 1. The van der Waals surface area contributed by atoms with E-state index in [0.717, 1.165) is 10.5 Å². The molecule has 3 N–H and O–H groups in total. The Bertz CT molecular complexity index is 590. The highest BCUT2D eigenvalue weighted by Gasteiger charge is 2.20. The SMILES string of the molecule is CSc1ccc(-c2c(C(=O)O)nn(C)c2N)cc1. The summed E-state index contributed by atoms with van der Waals surface area (Å²) in [5.74, 6) is -0.726. The lowest BCUT2D eigenvalue weighted by molar-refractivity contribution is 0.0690. The summed E-state index contributed by atoms with van der Waals surface area (Å²) in [6.07, 6.45) is 1.98. The van der Waals surface area contributed by atoms with E-state index in [1.807, 2.05) is 30.5 Å². The van der Waals surface area contributed by atoms with Crippen molar-refractivity contribution in [1.82, 2.24) is 9.78 Å². The van der Waals surface area contributed by atoms with Crippen molar-refractivity contribution in [3.63, 3.8) is 0 Å². The Kier molecular flexibility index (Phi) is 3.29. The minimum absolute atomic E-state index is 0.0214. The van der Waals surface area contributed by atoms with Crippen LogP contribution in [0.4, 0.5) is 5.82 Å². The van der Waals surface area contributed by atoms with Crippen LogP contribution < -0.4 is 5.73 Å². The monoisotopic (exact) mass is 263 g/mol. The highest BCUT2D eigenvalue weighted by atomic mass is 32.2. The molecule has 0 saturated heterocycles. The van der Waals surface area contributed by atoms with Gasteiger partial charge in [-0.15, -0.1) is 11.8 Å². The average molecular weight is 263 g/mol. The van der Waals surface area contributed by atoms with Crippen molar-refractivity contribution < 1.29 is 9.90 Å². The Morgan fingerprint density at radius 3 is 2.50 bits per heavy atom. The number of nitrogens with two attached hydrogens (primary N) is 1. The van der Waals surface area contributed by atoms with E-state index in [1.165, 1.54) is 4.68 Å². The number of aromatic carboxylic acids is 1. The minimum atomic E-state index is -1.08. The number of carboxylic acid groups (broad SMARTS) is 1. The summed E-state index contributed by atoms with van der Waals surface area (Å²) in [5, 5.41) is 13.0. The minimum Gasteiger partial charge on any atom is -0.476 e. The third-order valence-corrected chi connectivity index (χ3v) is 3.42. The van der Waals surface area contributed by atoms with E-state index in [0.29, 0.717) is 11.4 Å². The van der Waals surface area contributed by atoms with Crippen molar-refractivity contribution in [1.29, 1.82) is 0 Å². The fourth-order valence-corrected chi connectivity index (χ4v) is 2.14. The summed E-state index contributed by atoms with van der Waals surface area (Å²) in [6, 6.07) is 7.56. The number of anilines is 1. The number of rotatable bonds is 3. The molecule has 18 heavy (non-hydrogen) atoms. The summed E-state index contributed by atoms with van der Waals surface area (Å²) >= 11 is 1.62. The van der Waals surface area contributed by atoms with E-state index in [2.05, 4.69) is 5.10 Å². The third kappa shape index (κ3) is 2.06. The van der Waals surface area contributed by atoms with Crippen molar-refractivity contribution in [2.45, 2.75) is 4.90 Å². The van der Waals surface area contributed by atoms with Gasteiger partial charge in [-0.1, -0.05) is 12.1 Å². The summed E-state index contributed by atoms with van der Waals surface area (Å²) in [6.45, 7) is 0. The second kappa shape index (κ2) is 4.73. The fraction of sp³-hybridized carbons (Fsp3) is 0.167. The maximum Gasteiger partial charge on any atom is 0.357 e. The summed E-state index contributed by atoms with van der Waals surface area (Å²) < 4.78 is 1.38. The number of thioether (sulfide) groups is 1. The number of nitrogens with zero attached hydrogens (tertiary/aromatic N) is 2. The molecule has 0 amide bonds. The number of aryl methyl sites for hydroxylation is 1. The van der Waals surface area contributed by atoms with Crippen molar-refractivity contribution in [3.05, 3.63) is 30.0 Å². The van der Waals surface area contributed by atoms with E-state index in [4.69, 9.17) is 10.8 Å². The van der Waals surface area contributed by atoms with Crippen molar-refractivity contribution in [3.8, 4) is 11.1 Å². The molecule has 0 spiro atoms. The molecule has 94 valence electrons. The first-order valence-electron chi connectivity index (χ1n) is 5.24. The molecular formula is C12H13N3O2S. The molecule has 0 aliphatic carbocycles. The van der Waals surface area contributed by atoms with Crippen molar-refractivity contribution in [2.75, 3.05) is 12.0 Å². The van der Waals surface area contributed by atoms with Gasteiger partial charge in [0.1, 0.15) is 5.82 Å². The van der Waals surface area contributed by atoms with Gasteiger partial charge >= 0.3 is 5.97 Å². The Morgan fingerprint density at radius 1 is 1.39 bits per heavy atom. The number of nitrogen functional groups attached to an aromatic ring is 1. The van der Waals surface area contributed by atoms with Crippen LogP contribution in [0.3, 0.4) is 0 Å². The zero-order chi connectivity index (χ0) is 13.3. The average Bonchev–Trinajstić information content (AvgIpc) is 2.66. The molecule has 2 aromatic rings. The van der Waals surface area contributed by atoms with Gasteiger partial charge in [-0.2, -0.15) is 5.10 Å². The molecule has 1 heterocycles. The van der Waals surface area contributed by atoms with Crippen LogP contribution in [0.5, 0.6) is 0 Å². The van der Waals surface area contributed by atoms with Crippen LogP contribution in [-0.4, -0.2) is 27.1 Å². The molecule has 0 unspecified atom stereocenters. The maximum absolute atomic E-state index is 11.1. The summed E-state index contributed by atoms with van der Waals surface area (Å²) in [7, 11) is 1.63. The second-order valence-corrected chi connectivity index (χ2v) is 4.65. The Labute approximate surface area is 109 Å². The van der Waals surface area contributed by atoms with Crippen LogP contribution in [-0.2, 0) is 7.05 Å². The molecule has 1 aromatic carbocycles. The molecule has 0 aliphatic heterocycles. The van der Waals surface area contributed by atoms with Gasteiger partial charge in [0, 0.05) is 11.9 Å². The topological polar surface area (TPSA) is 81.1 Å². The number of hydrogen-bond donors (Lipinski definition) is 2.